The quantitative estimate of drug-likeness (QED) is 0.0705. The second-order valence-corrected chi connectivity index (χ2v) is 16.1. The standard InChI is InChI=1S/C42H56N10O9/c1-23(2)17-31(38(57)49-30(37(45)56)19-25-21-46-29-8-4-3-7-27(25)29)48-36(55)22-47-39(58)33-9-5-16-52(33)42(61)32(18-24-11-13-26(53)14-12-24)50-40(59)34-10-6-15-51(34)41(60)28(43)20-35(44)54/h3-4,7-8,11-14,21,23,28,30-34,46,53H,5-6,9-10,15-20,22,43H2,1-2H3,(H2,44,54)(H2,45,56)(H,47,58)(H,48,55)(H,49,57)(H,50,59)/t28-,30-,31-,32-,33-,34-/m0/s1. The highest BCUT2D eigenvalue weighted by molar-refractivity contribution is 5.97. The number of hydrogen-bond donors (Lipinski definition) is 9. The Hall–Kier alpha value is -6.50. The number of fused-ring (bicyclic) bond motifs is 1. The molecule has 8 amide bonds. The van der Waals surface area contributed by atoms with Crippen molar-refractivity contribution in [2.75, 3.05) is 19.6 Å². The van der Waals surface area contributed by atoms with Gasteiger partial charge in [-0.1, -0.05) is 44.2 Å². The number of nitrogens with one attached hydrogen (secondary N) is 5. The van der Waals surface area contributed by atoms with Gasteiger partial charge in [0.25, 0.3) is 0 Å². The number of aromatic hydroxyl groups is 1. The fourth-order valence-corrected chi connectivity index (χ4v) is 7.91. The van der Waals surface area contributed by atoms with Crippen molar-refractivity contribution < 1.29 is 43.5 Å². The predicted octanol–water partition coefficient (Wildman–Crippen LogP) is -1.05. The summed E-state index contributed by atoms with van der Waals surface area (Å²) >= 11 is 0. The second-order valence-electron chi connectivity index (χ2n) is 16.1. The first-order valence-electron chi connectivity index (χ1n) is 20.5. The van der Waals surface area contributed by atoms with Crippen molar-refractivity contribution in [2.24, 2.45) is 23.1 Å². The van der Waals surface area contributed by atoms with E-state index in [2.05, 4.69) is 26.3 Å². The minimum absolute atomic E-state index is 0.00384. The van der Waals surface area contributed by atoms with Crippen LogP contribution in [0, 0.1) is 5.92 Å². The zero-order valence-electron chi connectivity index (χ0n) is 34.4. The van der Waals surface area contributed by atoms with E-state index in [-0.39, 0.29) is 56.9 Å². The molecule has 328 valence electrons. The summed E-state index contributed by atoms with van der Waals surface area (Å²) in [6.45, 7) is 3.59. The van der Waals surface area contributed by atoms with Crippen molar-refractivity contribution in [3.05, 3.63) is 65.9 Å². The topological polar surface area (TPSA) is 305 Å². The van der Waals surface area contributed by atoms with Crippen LogP contribution in [0.5, 0.6) is 5.75 Å². The molecule has 3 aromatic rings. The number of nitrogens with two attached hydrogens (primary N) is 3. The summed E-state index contributed by atoms with van der Waals surface area (Å²) < 4.78 is 0. The maximum atomic E-state index is 14.3. The molecule has 0 bridgehead atoms. The van der Waals surface area contributed by atoms with Gasteiger partial charge >= 0.3 is 0 Å². The first-order chi connectivity index (χ1) is 29.0. The highest BCUT2D eigenvalue weighted by Crippen LogP contribution is 2.23. The average molecular weight is 845 g/mol. The third-order valence-electron chi connectivity index (χ3n) is 10.9. The average Bonchev–Trinajstić information content (AvgIpc) is 4.00. The van der Waals surface area contributed by atoms with E-state index in [1.807, 2.05) is 38.1 Å². The molecule has 6 atom stereocenters. The van der Waals surface area contributed by atoms with Gasteiger partial charge in [-0.2, -0.15) is 0 Å². The van der Waals surface area contributed by atoms with Crippen LogP contribution in [0.25, 0.3) is 10.9 Å². The van der Waals surface area contributed by atoms with Gasteiger partial charge in [0.2, 0.25) is 47.3 Å². The van der Waals surface area contributed by atoms with Gasteiger partial charge in [-0.25, -0.2) is 0 Å². The lowest BCUT2D eigenvalue weighted by molar-refractivity contribution is -0.144. The molecule has 0 spiro atoms. The summed E-state index contributed by atoms with van der Waals surface area (Å²) in [6, 6.07) is 7.01. The van der Waals surface area contributed by atoms with Crippen LogP contribution in [0.1, 0.15) is 63.5 Å². The van der Waals surface area contributed by atoms with Crippen LogP contribution in [0.4, 0.5) is 0 Å². The molecule has 2 aliphatic rings. The van der Waals surface area contributed by atoms with Crippen LogP contribution in [0.15, 0.2) is 54.7 Å². The number of H-pyrrole nitrogens is 1. The van der Waals surface area contributed by atoms with Gasteiger partial charge in [0.05, 0.1) is 19.0 Å². The van der Waals surface area contributed by atoms with Crippen LogP contribution in [0.2, 0.25) is 0 Å². The van der Waals surface area contributed by atoms with Gasteiger partial charge in [0.1, 0.15) is 36.0 Å². The number of rotatable bonds is 19. The number of aromatic nitrogens is 1. The minimum atomic E-state index is -1.24. The molecular formula is C42H56N10O9. The SMILES string of the molecule is CC(C)C[C@H](NC(=O)CNC(=O)[C@@H]1CCCN1C(=O)[C@H](Cc1ccc(O)cc1)NC(=O)[C@@H]1CCCN1C(=O)[C@@H](N)CC(N)=O)C(=O)N[C@@H](Cc1c[nH]c2ccccc12)C(N)=O. The van der Waals surface area contributed by atoms with Crippen molar-refractivity contribution in [2.45, 2.75) is 101 Å². The Morgan fingerprint density at radius 3 is 2.07 bits per heavy atom. The van der Waals surface area contributed by atoms with E-state index in [1.165, 1.54) is 21.9 Å². The van der Waals surface area contributed by atoms with Crippen molar-refractivity contribution >= 4 is 58.2 Å². The van der Waals surface area contributed by atoms with E-state index >= 15 is 0 Å². The smallest absolute Gasteiger partial charge is 0.246 e. The van der Waals surface area contributed by atoms with E-state index in [9.17, 15) is 43.5 Å². The predicted molar refractivity (Wildman–Crippen MR) is 223 cm³/mol. The summed E-state index contributed by atoms with van der Waals surface area (Å²) in [5, 5.41) is 21.4. The Balaban J connectivity index is 1.22. The van der Waals surface area contributed by atoms with E-state index in [1.54, 1.807) is 18.3 Å². The molecule has 2 aromatic carbocycles. The Morgan fingerprint density at radius 2 is 1.43 bits per heavy atom. The first kappa shape index (κ1) is 45.6. The second kappa shape index (κ2) is 20.7. The molecule has 2 saturated heterocycles. The zero-order valence-corrected chi connectivity index (χ0v) is 34.4. The van der Waals surface area contributed by atoms with E-state index in [0.717, 1.165) is 16.5 Å². The molecule has 0 radical (unpaired) electrons. The lowest BCUT2D eigenvalue weighted by atomic mass is 10.0. The van der Waals surface area contributed by atoms with Crippen LogP contribution in [-0.2, 0) is 51.2 Å². The first-order valence-corrected chi connectivity index (χ1v) is 20.5. The largest absolute Gasteiger partial charge is 0.508 e. The molecule has 19 nitrogen and oxygen atoms in total. The van der Waals surface area contributed by atoms with Crippen molar-refractivity contribution in [3.63, 3.8) is 0 Å². The number of likely N-dealkylation sites (tertiary alicyclic amines) is 2. The van der Waals surface area contributed by atoms with Crippen molar-refractivity contribution in [1.29, 1.82) is 0 Å². The zero-order chi connectivity index (χ0) is 44.4. The molecule has 19 heteroatoms. The number of aromatic amines is 1. The molecule has 61 heavy (non-hydrogen) atoms. The fourth-order valence-electron chi connectivity index (χ4n) is 7.91. The van der Waals surface area contributed by atoms with Gasteiger partial charge in [0, 0.05) is 43.0 Å². The normalized spacial score (nSPS) is 18.2. The Labute approximate surface area is 352 Å². The van der Waals surface area contributed by atoms with Crippen LogP contribution < -0.4 is 38.5 Å². The number of hydrogen-bond acceptors (Lipinski definition) is 10. The molecule has 2 aliphatic heterocycles. The summed E-state index contributed by atoms with van der Waals surface area (Å²) in [5.74, 6) is -5.30. The van der Waals surface area contributed by atoms with E-state index in [0.29, 0.717) is 18.4 Å². The maximum Gasteiger partial charge on any atom is 0.246 e. The highest BCUT2D eigenvalue weighted by Gasteiger charge is 2.41. The molecule has 0 unspecified atom stereocenters. The Bertz CT molecular complexity index is 2110. The molecule has 12 N–H and O–H groups in total. The van der Waals surface area contributed by atoms with Crippen LogP contribution in [-0.4, -0.2) is 123 Å². The number of phenolic OH excluding ortho intramolecular Hbond substituents is 1. The lowest BCUT2D eigenvalue weighted by Crippen LogP contribution is -2.58. The molecule has 5 rings (SSSR count). The number of para-hydroxylation sites is 1. The molecule has 0 aliphatic carbocycles. The number of primary amides is 2. The number of carbonyl (C=O) groups excluding carboxylic acids is 8. The summed E-state index contributed by atoms with van der Waals surface area (Å²) in [6.07, 6.45) is 3.15. The molecule has 1 aromatic heterocycles. The van der Waals surface area contributed by atoms with Crippen LogP contribution >= 0.6 is 0 Å². The number of nitrogens with zero attached hydrogens (tertiary/aromatic N) is 2. The lowest BCUT2D eigenvalue weighted by Gasteiger charge is -2.31. The highest BCUT2D eigenvalue weighted by atomic mass is 16.3. The van der Waals surface area contributed by atoms with Gasteiger partial charge < -0.3 is 58.4 Å². The van der Waals surface area contributed by atoms with Crippen LogP contribution in [0.3, 0.4) is 0 Å². The Kier molecular flexibility index (Phi) is 15.4. The Morgan fingerprint density at radius 1 is 0.787 bits per heavy atom. The maximum absolute atomic E-state index is 14.3. The van der Waals surface area contributed by atoms with Gasteiger partial charge in [-0.15, -0.1) is 0 Å². The number of phenols is 1. The molecule has 2 fully saturated rings. The minimum Gasteiger partial charge on any atom is -0.508 e. The van der Waals surface area contributed by atoms with Crippen molar-refractivity contribution in [3.8, 4) is 5.75 Å². The third kappa shape index (κ3) is 12.1. The van der Waals surface area contributed by atoms with Gasteiger partial charge in [-0.05, 0) is 67.3 Å². The van der Waals surface area contributed by atoms with Crippen molar-refractivity contribution in [1.82, 2.24) is 36.1 Å². The third-order valence-corrected chi connectivity index (χ3v) is 10.9. The molecular weight excluding hydrogens is 789 g/mol. The fraction of sp³-hybridized carbons (Fsp3) is 0.476. The molecule has 3 heterocycles. The summed E-state index contributed by atoms with van der Waals surface area (Å²) in [4.78, 5) is 111. The number of amides is 8. The monoisotopic (exact) mass is 844 g/mol. The van der Waals surface area contributed by atoms with E-state index in [4.69, 9.17) is 17.2 Å². The number of benzene rings is 2. The summed E-state index contributed by atoms with van der Waals surface area (Å²) in [7, 11) is 0. The van der Waals surface area contributed by atoms with E-state index < -0.39 is 96.5 Å². The van der Waals surface area contributed by atoms with Gasteiger partial charge in [0.15, 0.2) is 0 Å². The number of carbonyl (C=O) groups is 8. The molecule has 0 saturated carbocycles. The van der Waals surface area contributed by atoms with Gasteiger partial charge in [-0.3, -0.25) is 38.4 Å². The summed E-state index contributed by atoms with van der Waals surface area (Å²) in [5.41, 5.74) is 19.0.